The van der Waals surface area contributed by atoms with Gasteiger partial charge in [-0.05, 0) is 48.4 Å². The van der Waals surface area contributed by atoms with E-state index in [9.17, 15) is 19.5 Å². The van der Waals surface area contributed by atoms with Gasteiger partial charge in [-0.15, -0.1) is 0 Å². The maximum Gasteiger partial charge on any atom is 0.253 e. The van der Waals surface area contributed by atoms with Crippen LogP contribution in [0.25, 0.3) is 10.8 Å². The van der Waals surface area contributed by atoms with E-state index < -0.39 is 35.1 Å². The number of aliphatic hydroxyl groups excluding tert-OH is 1. The first-order valence-electron chi connectivity index (χ1n) is 15.0. The molecule has 220 valence electrons. The highest BCUT2D eigenvalue weighted by molar-refractivity contribution is 6.08. The number of hydrogen-bond acceptors (Lipinski definition) is 5. The molecule has 7 rings (SSSR count). The number of ether oxygens (including phenoxy) is 1. The predicted octanol–water partition coefficient (Wildman–Crippen LogP) is 4.09. The molecule has 3 aromatic rings. The van der Waals surface area contributed by atoms with Gasteiger partial charge in [-0.1, -0.05) is 79.8 Å². The maximum atomic E-state index is 14.8. The van der Waals surface area contributed by atoms with Gasteiger partial charge in [-0.2, -0.15) is 0 Å². The fraction of sp³-hybridized carbons (Fsp3) is 0.343. The van der Waals surface area contributed by atoms with Crippen molar-refractivity contribution in [2.45, 2.75) is 43.6 Å². The molecule has 1 spiro atoms. The summed E-state index contributed by atoms with van der Waals surface area (Å²) in [7, 11) is 0. The van der Waals surface area contributed by atoms with Gasteiger partial charge < -0.3 is 24.5 Å². The summed E-state index contributed by atoms with van der Waals surface area (Å²) < 4.78 is 6.93. The molecule has 8 nitrogen and oxygen atoms in total. The molecule has 2 fully saturated rings. The normalized spacial score (nSPS) is 30.7. The number of carbonyl (C=O) groups is 3. The van der Waals surface area contributed by atoms with Crippen LogP contribution in [0.1, 0.15) is 20.3 Å². The van der Waals surface area contributed by atoms with Crippen molar-refractivity contribution in [1.29, 1.82) is 0 Å². The van der Waals surface area contributed by atoms with Crippen LogP contribution < -0.4 is 9.80 Å². The Kier molecular flexibility index (Phi) is 6.52. The molecule has 3 amide bonds. The van der Waals surface area contributed by atoms with E-state index in [4.69, 9.17) is 4.74 Å². The third kappa shape index (κ3) is 4.00. The smallest absolute Gasteiger partial charge is 0.253 e. The minimum absolute atomic E-state index is 0.219. The van der Waals surface area contributed by atoms with Crippen LogP contribution in [0.3, 0.4) is 0 Å². The number of likely N-dealkylation sites (tertiary alicyclic amines) is 1. The Balaban J connectivity index is 1.36. The molecule has 0 bridgehead atoms. The molecule has 6 atom stereocenters. The monoisotopic (exact) mass is 577 g/mol. The lowest BCUT2D eigenvalue weighted by molar-refractivity contribution is -0.148. The Bertz CT molecular complexity index is 1670. The van der Waals surface area contributed by atoms with E-state index in [1.807, 2.05) is 111 Å². The van der Waals surface area contributed by atoms with Crippen LogP contribution in [0.15, 0.2) is 97.1 Å². The van der Waals surface area contributed by atoms with Crippen molar-refractivity contribution in [3.05, 3.63) is 97.1 Å². The number of carbonyl (C=O) groups excluding carboxylic acids is 3. The van der Waals surface area contributed by atoms with Crippen LogP contribution in [0.5, 0.6) is 0 Å². The molecule has 4 aliphatic rings. The lowest BCUT2D eigenvalue weighted by Gasteiger charge is -2.40. The minimum Gasteiger partial charge on any atom is -0.394 e. The summed E-state index contributed by atoms with van der Waals surface area (Å²) in [5, 5.41) is 12.5. The number of anilines is 2. The van der Waals surface area contributed by atoms with E-state index in [2.05, 4.69) is 0 Å². The molecular formula is C35H35N3O5. The van der Waals surface area contributed by atoms with Gasteiger partial charge in [0.05, 0.1) is 30.1 Å². The summed E-state index contributed by atoms with van der Waals surface area (Å²) in [6, 6.07) is 21.6. The molecule has 43 heavy (non-hydrogen) atoms. The highest BCUT2D eigenvalue weighted by Crippen LogP contribution is 2.58. The van der Waals surface area contributed by atoms with Crippen molar-refractivity contribution in [1.82, 2.24) is 4.90 Å². The molecular weight excluding hydrogens is 542 g/mol. The number of nitrogens with zero attached hydrogens (tertiary/aromatic N) is 3. The molecule has 1 N–H and O–H groups in total. The average molecular weight is 578 g/mol. The van der Waals surface area contributed by atoms with Gasteiger partial charge in [0.25, 0.3) is 5.91 Å². The van der Waals surface area contributed by atoms with Crippen LogP contribution in [-0.2, 0) is 19.1 Å². The van der Waals surface area contributed by atoms with E-state index in [0.29, 0.717) is 18.7 Å². The number of amides is 3. The molecule has 0 saturated carbocycles. The Morgan fingerprint density at radius 2 is 1.49 bits per heavy atom. The molecule has 3 aromatic carbocycles. The second kappa shape index (κ2) is 10.2. The van der Waals surface area contributed by atoms with E-state index in [1.165, 1.54) is 4.90 Å². The Labute approximate surface area is 250 Å². The van der Waals surface area contributed by atoms with Gasteiger partial charge in [0.15, 0.2) is 0 Å². The van der Waals surface area contributed by atoms with E-state index in [-0.39, 0.29) is 30.9 Å². The van der Waals surface area contributed by atoms with E-state index in [1.54, 1.807) is 9.80 Å². The zero-order chi connectivity index (χ0) is 29.9. The topological polar surface area (TPSA) is 90.4 Å². The number of rotatable bonds is 5. The van der Waals surface area contributed by atoms with Crippen molar-refractivity contribution in [3.63, 3.8) is 0 Å². The molecule has 8 heteroatoms. The molecule has 4 aliphatic heterocycles. The summed E-state index contributed by atoms with van der Waals surface area (Å²) in [6.07, 6.45) is 7.96. The first-order chi connectivity index (χ1) is 20.8. The third-order valence-corrected chi connectivity index (χ3v) is 9.68. The number of hydrogen-bond donors (Lipinski definition) is 1. The number of benzene rings is 3. The van der Waals surface area contributed by atoms with E-state index in [0.717, 1.165) is 16.5 Å². The van der Waals surface area contributed by atoms with Gasteiger partial charge in [0.2, 0.25) is 11.8 Å². The average Bonchev–Trinajstić information content (AvgIpc) is 3.29. The second-order valence-corrected chi connectivity index (χ2v) is 12.1. The van der Waals surface area contributed by atoms with Crippen molar-refractivity contribution in [2.24, 2.45) is 11.8 Å². The molecule has 1 unspecified atom stereocenters. The number of fused-ring (bicyclic) bond motifs is 3. The fourth-order valence-electron chi connectivity index (χ4n) is 7.68. The van der Waals surface area contributed by atoms with Gasteiger partial charge in [-0.3, -0.25) is 14.4 Å². The highest BCUT2D eigenvalue weighted by atomic mass is 16.5. The summed E-state index contributed by atoms with van der Waals surface area (Å²) in [4.78, 5) is 48.7. The first kappa shape index (κ1) is 27.6. The third-order valence-electron chi connectivity index (χ3n) is 9.68. The fourth-order valence-corrected chi connectivity index (χ4v) is 7.68. The van der Waals surface area contributed by atoms with Crippen LogP contribution in [0.4, 0.5) is 11.4 Å². The lowest BCUT2D eigenvalue weighted by Crippen LogP contribution is -2.58. The molecule has 4 heterocycles. The van der Waals surface area contributed by atoms with Crippen LogP contribution in [-0.4, -0.2) is 70.7 Å². The largest absolute Gasteiger partial charge is 0.394 e. The summed E-state index contributed by atoms with van der Waals surface area (Å²) in [5.74, 6) is -2.66. The summed E-state index contributed by atoms with van der Waals surface area (Å²) >= 11 is 0. The number of aliphatic hydroxyl groups is 1. The highest BCUT2D eigenvalue weighted by Gasteiger charge is 2.75. The van der Waals surface area contributed by atoms with Crippen molar-refractivity contribution >= 4 is 39.9 Å². The Morgan fingerprint density at radius 1 is 0.814 bits per heavy atom. The van der Waals surface area contributed by atoms with Crippen LogP contribution in [0, 0.1) is 11.8 Å². The van der Waals surface area contributed by atoms with Crippen LogP contribution >= 0.6 is 0 Å². The van der Waals surface area contributed by atoms with Gasteiger partial charge in [-0.25, -0.2) is 0 Å². The number of para-hydroxylation sites is 1. The Hall–Kier alpha value is -4.27. The minimum atomic E-state index is -1.39. The Morgan fingerprint density at radius 3 is 2.21 bits per heavy atom. The zero-order valence-corrected chi connectivity index (χ0v) is 24.3. The first-order valence-corrected chi connectivity index (χ1v) is 15.0. The summed E-state index contributed by atoms with van der Waals surface area (Å²) in [6.45, 7) is 4.05. The van der Waals surface area contributed by atoms with Crippen molar-refractivity contribution < 1.29 is 24.2 Å². The summed E-state index contributed by atoms with van der Waals surface area (Å²) in [5.41, 5.74) is -1.06. The molecule has 2 saturated heterocycles. The van der Waals surface area contributed by atoms with Gasteiger partial charge in [0, 0.05) is 24.5 Å². The lowest BCUT2D eigenvalue weighted by atomic mass is 9.74. The van der Waals surface area contributed by atoms with Crippen molar-refractivity contribution in [3.8, 4) is 0 Å². The van der Waals surface area contributed by atoms with Crippen molar-refractivity contribution in [2.75, 3.05) is 29.5 Å². The quantitative estimate of drug-likeness (QED) is 0.462. The second-order valence-electron chi connectivity index (χ2n) is 12.1. The van der Waals surface area contributed by atoms with E-state index >= 15 is 0 Å². The zero-order valence-electron chi connectivity index (χ0n) is 24.3. The molecule has 0 aromatic heterocycles. The van der Waals surface area contributed by atoms with Crippen LogP contribution in [0.2, 0.25) is 0 Å². The maximum absolute atomic E-state index is 14.8. The SMILES string of the molecule is CC[C@@H](CO)N1C(=O)[C@@H]2[C@@H]3C(=O)N(c4ccccc4)CC=C[C@]3(C)O[C@@]23C=CCN(c2ccc4ccccc4c2)C(=O)C13. The predicted molar refractivity (Wildman–Crippen MR) is 164 cm³/mol. The standard InChI is InChI=1S/C35H35N3O5/c1-3-25(22-39)38-30-33(42)37(27-16-15-23-11-7-8-12-24(23)21-27)20-10-18-35(30)29(32(38)41)28-31(40)36(26-13-5-4-6-14-26)19-9-17-34(28,2)43-35/h4-18,21,25,28-30,39H,3,19-20,22H2,1-2H3/t25-,28+,29-,30?,34-,35-/m0/s1. The van der Waals surface area contributed by atoms with Gasteiger partial charge >= 0.3 is 0 Å². The van der Waals surface area contributed by atoms with Gasteiger partial charge in [0.1, 0.15) is 11.6 Å². The molecule has 0 aliphatic carbocycles. The molecule has 0 radical (unpaired) electrons.